The SMILES string of the molecule is CCOC(=O)c1c(NC(=O)[C@@H]2CCCO2)sc2c1CC[C@@H](CC)C2. The highest BCUT2D eigenvalue weighted by Gasteiger charge is 2.31. The number of carbonyl (C=O) groups excluding carboxylic acids is 2. The first-order valence-electron chi connectivity index (χ1n) is 8.88. The summed E-state index contributed by atoms with van der Waals surface area (Å²) in [6, 6.07) is 0. The Morgan fingerprint density at radius 2 is 2.17 bits per heavy atom. The van der Waals surface area contributed by atoms with Crippen LogP contribution in [0.5, 0.6) is 0 Å². The first-order valence-corrected chi connectivity index (χ1v) is 9.69. The molecule has 0 unspecified atom stereocenters. The van der Waals surface area contributed by atoms with E-state index in [0.717, 1.165) is 44.1 Å². The predicted octanol–water partition coefficient (Wildman–Crippen LogP) is 3.56. The first-order chi connectivity index (χ1) is 11.6. The smallest absolute Gasteiger partial charge is 0.341 e. The molecule has 0 spiro atoms. The van der Waals surface area contributed by atoms with Gasteiger partial charge in [-0.05, 0) is 50.5 Å². The van der Waals surface area contributed by atoms with Crippen molar-refractivity contribution in [2.45, 2.75) is 58.5 Å². The van der Waals surface area contributed by atoms with Crippen LogP contribution in [0.3, 0.4) is 0 Å². The fraction of sp³-hybridized carbons (Fsp3) is 0.667. The van der Waals surface area contributed by atoms with Crippen molar-refractivity contribution in [3.63, 3.8) is 0 Å². The van der Waals surface area contributed by atoms with Gasteiger partial charge in [-0.2, -0.15) is 0 Å². The lowest BCUT2D eigenvalue weighted by Crippen LogP contribution is -2.27. The molecule has 24 heavy (non-hydrogen) atoms. The topological polar surface area (TPSA) is 64.6 Å². The number of nitrogens with one attached hydrogen (secondary N) is 1. The lowest BCUT2D eigenvalue weighted by atomic mass is 9.85. The Labute approximate surface area is 146 Å². The first kappa shape index (κ1) is 17.4. The average molecular weight is 351 g/mol. The molecule has 5 nitrogen and oxygen atoms in total. The summed E-state index contributed by atoms with van der Waals surface area (Å²) < 4.78 is 10.7. The lowest BCUT2D eigenvalue weighted by Gasteiger charge is -2.21. The van der Waals surface area contributed by atoms with Gasteiger partial charge in [0.2, 0.25) is 0 Å². The van der Waals surface area contributed by atoms with Crippen molar-refractivity contribution in [1.29, 1.82) is 0 Å². The summed E-state index contributed by atoms with van der Waals surface area (Å²) >= 11 is 1.53. The minimum absolute atomic E-state index is 0.149. The highest BCUT2D eigenvalue weighted by molar-refractivity contribution is 7.17. The van der Waals surface area contributed by atoms with Crippen LogP contribution in [0.1, 0.15) is 60.3 Å². The monoisotopic (exact) mass is 351 g/mol. The molecule has 2 aliphatic rings. The lowest BCUT2D eigenvalue weighted by molar-refractivity contribution is -0.124. The zero-order valence-corrected chi connectivity index (χ0v) is 15.2. The van der Waals surface area contributed by atoms with Gasteiger partial charge in [0.05, 0.1) is 12.2 Å². The number of fused-ring (bicyclic) bond motifs is 1. The summed E-state index contributed by atoms with van der Waals surface area (Å²) in [6.45, 7) is 4.96. The quantitative estimate of drug-likeness (QED) is 0.824. The van der Waals surface area contributed by atoms with Crippen LogP contribution in [0.2, 0.25) is 0 Å². The highest BCUT2D eigenvalue weighted by Crippen LogP contribution is 2.41. The number of amides is 1. The Morgan fingerprint density at radius 1 is 1.33 bits per heavy atom. The molecule has 3 rings (SSSR count). The van der Waals surface area contributed by atoms with Crippen molar-refractivity contribution >= 4 is 28.2 Å². The maximum atomic E-state index is 12.5. The summed E-state index contributed by atoms with van der Waals surface area (Å²) in [5.41, 5.74) is 1.64. The van der Waals surface area contributed by atoms with E-state index in [1.807, 2.05) is 0 Å². The van der Waals surface area contributed by atoms with Gasteiger partial charge < -0.3 is 14.8 Å². The van der Waals surface area contributed by atoms with Gasteiger partial charge in [-0.3, -0.25) is 4.79 Å². The number of ether oxygens (including phenoxy) is 2. The second-order valence-electron chi connectivity index (χ2n) is 6.44. The Hall–Kier alpha value is -1.40. The van der Waals surface area contributed by atoms with Gasteiger partial charge in [0.15, 0.2) is 0 Å². The molecule has 2 atom stereocenters. The van der Waals surface area contributed by atoms with Gasteiger partial charge in [-0.15, -0.1) is 11.3 Å². The highest BCUT2D eigenvalue weighted by atomic mass is 32.1. The summed E-state index contributed by atoms with van der Waals surface area (Å²) in [7, 11) is 0. The second-order valence-corrected chi connectivity index (χ2v) is 7.54. The van der Waals surface area contributed by atoms with Crippen LogP contribution in [-0.4, -0.2) is 31.2 Å². The minimum Gasteiger partial charge on any atom is -0.462 e. The number of esters is 1. The Bertz CT molecular complexity index is 619. The normalized spacial score (nSPS) is 22.9. The van der Waals surface area contributed by atoms with Crippen molar-refractivity contribution in [3.8, 4) is 0 Å². The van der Waals surface area contributed by atoms with E-state index < -0.39 is 6.10 Å². The average Bonchev–Trinajstić information content (AvgIpc) is 3.21. The van der Waals surface area contributed by atoms with Crippen molar-refractivity contribution < 1.29 is 19.1 Å². The summed E-state index contributed by atoms with van der Waals surface area (Å²) in [6.07, 6.45) is 5.34. The molecule has 1 aliphatic carbocycles. The van der Waals surface area contributed by atoms with E-state index in [9.17, 15) is 9.59 Å². The molecule has 0 saturated carbocycles. The van der Waals surface area contributed by atoms with Crippen molar-refractivity contribution in [3.05, 3.63) is 16.0 Å². The summed E-state index contributed by atoms with van der Waals surface area (Å²) in [4.78, 5) is 26.1. The van der Waals surface area contributed by atoms with Crippen LogP contribution in [0.25, 0.3) is 0 Å². The molecular weight excluding hydrogens is 326 g/mol. The van der Waals surface area contributed by atoms with Crippen molar-refractivity contribution in [2.24, 2.45) is 5.92 Å². The fourth-order valence-electron chi connectivity index (χ4n) is 3.49. The molecule has 1 aliphatic heterocycles. The third kappa shape index (κ3) is 3.49. The van der Waals surface area contributed by atoms with E-state index in [1.54, 1.807) is 6.92 Å². The van der Waals surface area contributed by atoms with Crippen LogP contribution in [0, 0.1) is 5.92 Å². The molecule has 2 heterocycles. The largest absolute Gasteiger partial charge is 0.462 e. The predicted molar refractivity (Wildman–Crippen MR) is 93.7 cm³/mol. The Kier molecular flexibility index (Phi) is 5.56. The molecule has 132 valence electrons. The number of thiophene rings is 1. The fourth-order valence-corrected chi connectivity index (χ4v) is 4.84. The van der Waals surface area contributed by atoms with Crippen LogP contribution in [0.4, 0.5) is 5.00 Å². The van der Waals surface area contributed by atoms with Gasteiger partial charge in [-0.25, -0.2) is 4.79 Å². The Morgan fingerprint density at radius 3 is 2.83 bits per heavy atom. The number of anilines is 1. The summed E-state index contributed by atoms with van der Waals surface area (Å²) in [5, 5.41) is 3.57. The van der Waals surface area contributed by atoms with E-state index in [-0.39, 0.29) is 11.9 Å². The van der Waals surface area contributed by atoms with Gasteiger partial charge in [-0.1, -0.05) is 13.3 Å². The molecule has 0 radical (unpaired) electrons. The molecular formula is C18H25NO4S. The maximum absolute atomic E-state index is 12.5. The number of hydrogen-bond acceptors (Lipinski definition) is 5. The second kappa shape index (κ2) is 7.66. The van der Waals surface area contributed by atoms with Gasteiger partial charge in [0.25, 0.3) is 5.91 Å². The zero-order valence-electron chi connectivity index (χ0n) is 14.4. The van der Waals surface area contributed by atoms with Crippen molar-refractivity contribution in [1.82, 2.24) is 0 Å². The van der Waals surface area contributed by atoms with Crippen LogP contribution >= 0.6 is 11.3 Å². The number of carbonyl (C=O) groups is 2. The molecule has 0 bridgehead atoms. The molecule has 1 N–H and O–H groups in total. The molecule has 1 amide bonds. The Balaban J connectivity index is 1.87. The van der Waals surface area contributed by atoms with Gasteiger partial charge in [0, 0.05) is 11.5 Å². The van der Waals surface area contributed by atoms with E-state index in [4.69, 9.17) is 9.47 Å². The molecule has 0 aromatic carbocycles. The van der Waals surface area contributed by atoms with E-state index in [1.165, 1.54) is 16.2 Å². The third-order valence-corrected chi connectivity index (χ3v) is 6.05. The van der Waals surface area contributed by atoms with Gasteiger partial charge >= 0.3 is 5.97 Å². The van der Waals surface area contributed by atoms with E-state index in [2.05, 4.69) is 12.2 Å². The third-order valence-electron chi connectivity index (χ3n) is 4.88. The van der Waals surface area contributed by atoms with Crippen LogP contribution < -0.4 is 5.32 Å². The van der Waals surface area contributed by atoms with Crippen LogP contribution in [-0.2, 0) is 27.1 Å². The number of hydrogen-bond donors (Lipinski definition) is 1. The van der Waals surface area contributed by atoms with Crippen LogP contribution in [0.15, 0.2) is 0 Å². The molecule has 1 saturated heterocycles. The molecule has 1 aromatic rings. The summed E-state index contributed by atoms with van der Waals surface area (Å²) in [5.74, 6) is 0.184. The standard InChI is InChI=1S/C18H25NO4S/c1-3-11-7-8-12-14(10-11)24-17(15(12)18(21)22-4-2)19-16(20)13-6-5-9-23-13/h11,13H,3-10H2,1-2H3,(H,19,20)/t11-,13+/m1/s1. The minimum atomic E-state index is -0.400. The maximum Gasteiger partial charge on any atom is 0.341 e. The van der Waals surface area contributed by atoms with E-state index in [0.29, 0.717) is 29.7 Å². The van der Waals surface area contributed by atoms with E-state index >= 15 is 0 Å². The van der Waals surface area contributed by atoms with Crippen molar-refractivity contribution in [2.75, 3.05) is 18.5 Å². The zero-order chi connectivity index (χ0) is 17.1. The number of rotatable bonds is 5. The molecule has 1 aromatic heterocycles. The molecule has 1 fully saturated rings. The van der Waals surface area contributed by atoms with Gasteiger partial charge in [0.1, 0.15) is 11.1 Å². The molecule has 6 heteroatoms.